The molecule has 4 aromatic heterocycles. The molecule has 4 heterocycles. The summed E-state index contributed by atoms with van der Waals surface area (Å²) < 4.78 is 3.77. The Bertz CT molecular complexity index is 1930. The molecule has 12 nitrogen and oxygen atoms in total. The Balaban J connectivity index is 1.40. The summed E-state index contributed by atoms with van der Waals surface area (Å²) in [5, 5.41) is 16.6. The van der Waals surface area contributed by atoms with Gasteiger partial charge >= 0.3 is 0 Å². The third kappa shape index (κ3) is 7.97. The van der Waals surface area contributed by atoms with Crippen LogP contribution >= 0.6 is 0 Å². The second kappa shape index (κ2) is 15.5. The van der Waals surface area contributed by atoms with E-state index >= 15 is 0 Å². The number of fused-ring (bicyclic) bond motifs is 1. The maximum absolute atomic E-state index is 13.3. The van der Waals surface area contributed by atoms with Crippen molar-refractivity contribution in [3.8, 4) is 11.1 Å². The van der Waals surface area contributed by atoms with E-state index in [0.717, 1.165) is 32.2 Å². The molecule has 3 N–H and O–H groups in total. The first-order chi connectivity index (χ1) is 24.0. The van der Waals surface area contributed by atoms with Gasteiger partial charge in [-0.15, -0.1) is 0 Å². The fraction of sp³-hybridized carbons (Fsp3) is 0.395. The molecule has 0 bridgehead atoms. The summed E-state index contributed by atoms with van der Waals surface area (Å²) >= 11 is 0. The fourth-order valence-electron chi connectivity index (χ4n) is 6.83. The molecule has 0 radical (unpaired) electrons. The molecular weight excluding hydrogens is 632 g/mol. The first-order valence-corrected chi connectivity index (χ1v) is 17.1. The van der Waals surface area contributed by atoms with Crippen molar-refractivity contribution in [3.63, 3.8) is 0 Å². The molecule has 0 fully saturated rings. The number of hydrogen-bond donors (Lipinski definition) is 3. The van der Waals surface area contributed by atoms with Gasteiger partial charge in [0.1, 0.15) is 23.1 Å². The molecule has 0 aliphatic heterocycles. The van der Waals surface area contributed by atoms with Gasteiger partial charge in [-0.3, -0.25) is 19.3 Å². The molecule has 12 heteroatoms. The Morgan fingerprint density at radius 1 is 1.16 bits per heavy atom. The number of pyridine rings is 3. The van der Waals surface area contributed by atoms with Crippen LogP contribution in [0.3, 0.4) is 0 Å². The molecule has 5 rings (SSSR count). The van der Waals surface area contributed by atoms with Gasteiger partial charge in [0.25, 0.3) is 5.56 Å². The van der Waals surface area contributed by atoms with Crippen molar-refractivity contribution in [2.24, 2.45) is 12.5 Å². The Morgan fingerprint density at radius 2 is 1.96 bits per heavy atom. The van der Waals surface area contributed by atoms with Gasteiger partial charge in [0.2, 0.25) is 12.3 Å². The van der Waals surface area contributed by atoms with E-state index in [1.807, 2.05) is 12.1 Å². The second-order valence-electron chi connectivity index (χ2n) is 13.6. The van der Waals surface area contributed by atoms with Crippen molar-refractivity contribution in [3.05, 3.63) is 94.3 Å². The number of amides is 2. The molecule has 4 aromatic rings. The summed E-state index contributed by atoms with van der Waals surface area (Å²) in [5.74, 6) is 1.33. The van der Waals surface area contributed by atoms with E-state index in [-0.39, 0.29) is 23.5 Å². The van der Waals surface area contributed by atoms with E-state index in [2.05, 4.69) is 65.4 Å². The number of nitrogens with zero attached hydrogens (tertiary/aromatic N) is 6. The zero-order chi connectivity index (χ0) is 36.0. The number of aliphatic hydroxyl groups excluding tert-OH is 1. The first kappa shape index (κ1) is 36.1. The average molecular weight is 681 g/mol. The summed E-state index contributed by atoms with van der Waals surface area (Å²) in [6.45, 7) is 14.6. The van der Waals surface area contributed by atoms with E-state index in [1.165, 1.54) is 27.6 Å². The van der Waals surface area contributed by atoms with Crippen LogP contribution in [0.2, 0.25) is 0 Å². The molecule has 50 heavy (non-hydrogen) atoms. The second-order valence-corrected chi connectivity index (χ2v) is 13.6. The zero-order valence-corrected chi connectivity index (χ0v) is 29.7. The summed E-state index contributed by atoms with van der Waals surface area (Å²) in [7, 11) is 1.67. The number of nitrogens with one attached hydrogen (secondary N) is 2. The van der Waals surface area contributed by atoms with Gasteiger partial charge in [-0.25, -0.2) is 9.97 Å². The lowest BCUT2D eigenvalue weighted by atomic mass is 9.90. The predicted molar refractivity (Wildman–Crippen MR) is 198 cm³/mol. The van der Waals surface area contributed by atoms with E-state index in [1.54, 1.807) is 42.5 Å². The van der Waals surface area contributed by atoms with Crippen molar-refractivity contribution in [2.75, 3.05) is 41.3 Å². The number of aromatic nitrogens is 4. The van der Waals surface area contributed by atoms with Crippen molar-refractivity contribution in [2.45, 2.75) is 60.1 Å². The maximum Gasteiger partial charge on any atom is 0.274 e. The number of aryl methyl sites for hydroxylation is 2. The Labute approximate surface area is 293 Å². The van der Waals surface area contributed by atoms with Crippen LogP contribution in [0, 0.1) is 12.3 Å². The van der Waals surface area contributed by atoms with Crippen LogP contribution in [0.4, 0.5) is 23.1 Å². The van der Waals surface area contributed by atoms with Gasteiger partial charge in [-0.1, -0.05) is 33.4 Å². The normalized spacial score (nSPS) is 13.1. The summed E-state index contributed by atoms with van der Waals surface area (Å²) in [4.78, 5) is 50.4. The van der Waals surface area contributed by atoms with Crippen LogP contribution in [0.5, 0.6) is 0 Å². The Morgan fingerprint density at radius 3 is 2.68 bits per heavy atom. The smallest absolute Gasteiger partial charge is 0.274 e. The van der Waals surface area contributed by atoms with Crippen LogP contribution in [0.25, 0.3) is 11.1 Å². The molecule has 0 saturated carbocycles. The Hall–Kier alpha value is -5.23. The van der Waals surface area contributed by atoms with Crippen LogP contribution in [0.15, 0.2) is 66.2 Å². The lowest BCUT2D eigenvalue weighted by Crippen LogP contribution is -2.35. The quantitative estimate of drug-likeness (QED) is 0.116. The molecular formula is C38H48N8O4. The van der Waals surface area contributed by atoms with Gasteiger partial charge in [-0.2, -0.15) is 0 Å². The predicted octanol–water partition coefficient (Wildman–Crippen LogP) is 4.49. The van der Waals surface area contributed by atoms with Crippen LogP contribution < -0.4 is 26.0 Å². The molecule has 0 spiro atoms. The van der Waals surface area contributed by atoms with Gasteiger partial charge in [0.05, 0.1) is 6.61 Å². The lowest BCUT2D eigenvalue weighted by Gasteiger charge is -2.24. The third-order valence-electron chi connectivity index (χ3n) is 9.15. The highest BCUT2D eigenvalue weighted by Crippen LogP contribution is 2.38. The molecule has 1 aliphatic rings. The number of carbonyl (C=O) groups excluding carboxylic acids is 2. The summed E-state index contributed by atoms with van der Waals surface area (Å²) in [5.41, 5.74) is 5.91. The number of hydrogen-bond acceptors (Lipinski definition) is 8. The molecule has 0 aromatic carbocycles. The minimum atomic E-state index is -0.356. The highest BCUT2D eigenvalue weighted by Gasteiger charge is 2.32. The standard InChI is InChI=1S/C38H48N8O4/c1-7-15-44(16-14-39-35(49)8-2)34-11-9-10-33(42-34)41-31-20-28(23-43(6)37(31)50)29-12-13-40-36(30(29)24-47)45(25-48)17-18-46-26(3)19-27-21-38(4,5)22-32(27)46/h8-13,19-20,23,25,47H,2,7,14-18,21-22,24H2,1,3-6H3,(H,39,49)(H,41,42). The Kier molecular flexibility index (Phi) is 11.2. The van der Waals surface area contributed by atoms with Crippen molar-refractivity contribution < 1.29 is 14.7 Å². The first-order valence-electron chi connectivity index (χ1n) is 17.1. The average Bonchev–Trinajstić information content (AvgIpc) is 3.55. The number of anilines is 4. The molecule has 1 aliphatic carbocycles. The SMILES string of the molecule is C=CC(=O)NCCN(CCC)c1cccc(Nc2cc(-c3ccnc(N(C=O)CCn4c(C)cc5c4CC(C)(C)C5)c3CO)cn(C)c2=O)n1. The fourth-order valence-corrected chi connectivity index (χ4v) is 6.83. The lowest BCUT2D eigenvalue weighted by molar-refractivity contribution is -0.116. The number of rotatable bonds is 16. The van der Waals surface area contributed by atoms with Crippen LogP contribution in [-0.2, 0) is 42.6 Å². The van der Waals surface area contributed by atoms with Crippen molar-refractivity contribution in [1.82, 2.24) is 24.4 Å². The van der Waals surface area contributed by atoms with Gasteiger partial charge in [0, 0.05) is 74.7 Å². The molecule has 0 atom stereocenters. The molecule has 2 amide bonds. The highest BCUT2D eigenvalue weighted by atomic mass is 16.3. The van der Waals surface area contributed by atoms with E-state index in [9.17, 15) is 19.5 Å². The van der Waals surface area contributed by atoms with E-state index in [0.29, 0.717) is 66.0 Å². The minimum absolute atomic E-state index is 0.216. The van der Waals surface area contributed by atoms with Crippen LogP contribution in [-0.4, -0.2) is 62.7 Å². The van der Waals surface area contributed by atoms with Crippen molar-refractivity contribution in [1.29, 1.82) is 0 Å². The van der Waals surface area contributed by atoms with Crippen molar-refractivity contribution >= 4 is 35.5 Å². The highest BCUT2D eigenvalue weighted by molar-refractivity contribution is 5.86. The maximum atomic E-state index is 13.3. The zero-order valence-electron chi connectivity index (χ0n) is 29.7. The molecule has 0 saturated heterocycles. The van der Waals surface area contributed by atoms with Crippen LogP contribution in [0.1, 0.15) is 49.7 Å². The number of aliphatic hydroxyl groups is 1. The minimum Gasteiger partial charge on any atom is -0.392 e. The summed E-state index contributed by atoms with van der Waals surface area (Å²) in [6, 6.07) is 11.3. The molecule has 264 valence electrons. The topological polar surface area (TPSA) is 138 Å². The van der Waals surface area contributed by atoms with Gasteiger partial charge in [0.15, 0.2) is 0 Å². The van der Waals surface area contributed by atoms with E-state index < -0.39 is 0 Å². The largest absolute Gasteiger partial charge is 0.392 e. The number of carbonyl (C=O) groups is 2. The summed E-state index contributed by atoms with van der Waals surface area (Å²) in [6.07, 6.45) is 8.23. The van der Waals surface area contributed by atoms with Gasteiger partial charge < -0.3 is 29.8 Å². The van der Waals surface area contributed by atoms with Gasteiger partial charge in [-0.05, 0) is 79.1 Å². The monoisotopic (exact) mass is 680 g/mol. The van der Waals surface area contributed by atoms with E-state index in [4.69, 9.17) is 4.98 Å². The third-order valence-corrected chi connectivity index (χ3v) is 9.15. The molecule has 0 unspecified atom stereocenters.